The molecule has 2 aromatic carbocycles. The van der Waals surface area contributed by atoms with Crippen molar-refractivity contribution < 1.29 is 9.59 Å². The van der Waals surface area contributed by atoms with Gasteiger partial charge in [0, 0.05) is 36.4 Å². The maximum absolute atomic E-state index is 12.6. The number of anilines is 4. The number of para-hydroxylation sites is 1. The molecule has 3 N–H and O–H groups in total. The summed E-state index contributed by atoms with van der Waals surface area (Å²) in [7, 11) is 0. The zero-order valence-electron chi connectivity index (χ0n) is 16.6. The SMILES string of the molecule is CCc1cccc(C)c1NC(=O)c1cnc(Nc2cccc(NC(C)=O)c2)nc1. The fourth-order valence-corrected chi connectivity index (χ4v) is 2.90. The van der Waals surface area contributed by atoms with E-state index in [1.807, 2.05) is 37.3 Å². The molecule has 3 rings (SSSR count). The van der Waals surface area contributed by atoms with Gasteiger partial charge in [0.15, 0.2) is 0 Å². The average molecular weight is 389 g/mol. The molecule has 0 saturated heterocycles. The smallest absolute Gasteiger partial charge is 0.258 e. The third kappa shape index (κ3) is 5.16. The lowest BCUT2D eigenvalue weighted by Gasteiger charge is -2.13. The van der Waals surface area contributed by atoms with E-state index in [4.69, 9.17) is 0 Å². The summed E-state index contributed by atoms with van der Waals surface area (Å²) < 4.78 is 0. The van der Waals surface area contributed by atoms with E-state index in [0.717, 1.165) is 28.9 Å². The van der Waals surface area contributed by atoms with Crippen molar-refractivity contribution in [1.29, 1.82) is 0 Å². The molecule has 0 bridgehead atoms. The molecule has 0 radical (unpaired) electrons. The van der Waals surface area contributed by atoms with Gasteiger partial charge in [-0.25, -0.2) is 9.97 Å². The van der Waals surface area contributed by atoms with Crippen LogP contribution in [0.25, 0.3) is 0 Å². The normalized spacial score (nSPS) is 10.3. The third-order valence-corrected chi connectivity index (χ3v) is 4.33. The molecular weight excluding hydrogens is 366 g/mol. The Morgan fingerprint density at radius 2 is 1.66 bits per heavy atom. The Morgan fingerprint density at radius 1 is 0.966 bits per heavy atom. The van der Waals surface area contributed by atoms with E-state index in [-0.39, 0.29) is 11.8 Å². The van der Waals surface area contributed by atoms with Crippen LogP contribution in [0.15, 0.2) is 54.9 Å². The Hall–Kier alpha value is -3.74. The fourth-order valence-electron chi connectivity index (χ4n) is 2.90. The monoisotopic (exact) mass is 389 g/mol. The molecule has 1 aromatic heterocycles. The van der Waals surface area contributed by atoms with Crippen molar-refractivity contribution >= 4 is 34.8 Å². The molecule has 0 saturated carbocycles. The number of aryl methyl sites for hydroxylation is 2. The van der Waals surface area contributed by atoms with Crippen LogP contribution in [0.5, 0.6) is 0 Å². The van der Waals surface area contributed by atoms with E-state index in [0.29, 0.717) is 17.2 Å². The van der Waals surface area contributed by atoms with Crippen LogP contribution in [0.1, 0.15) is 35.3 Å². The summed E-state index contributed by atoms with van der Waals surface area (Å²) in [5.41, 5.74) is 4.68. The van der Waals surface area contributed by atoms with Gasteiger partial charge in [0.2, 0.25) is 11.9 Å². The maximum atomic E-state index is 12.6. The van der Waals surface area contributed by atoms with Gasteiger partial charge in [-0.15, -0.1) is 0 Å². The molecule has 0 unspecified atom stereocenters. The Morgan fingerprint density at radius 3 is 2.34 bits per heavy atom. The van der Waals surface area contributed by atoms with E-state index in [9.17, 15) is 9.59 Å². The van der Waals surface area contributed by atoms with E-state index >= 15 is 0 Å². The van der Waals surface area contributed by atoms with Gasteiger partial charge >= 0.3 is 0 Å². The summed E-state index contributed by atoms with van der Waals surface area (Å²) in [5.74, 6) is -0.0477. The van der Waals surface area contributed by atoms with Gasteiger partial charge in [-0.2, -0.15) is 0 Å². The molecule has 148 valence electrons. The second-order valence-corrected chi connectivity index (χ2v) is 6.60. The minimum absolute atomic E-state index is 0.145. The van der Waals surface area contributed by atoms with Gasteiger partial charge in [0.25, 0.3) is 5.91 Å². The average Bonchev–Trinajstić information content (AvgIpc) is 2.69. The van der Waals surface area contributed by atoms with Crippen LogP contribution in [0, 0.1) is 6.92 Å². The summed E-state index contributed by atoms with van der Waals surface area (Å²) >= 11 is 0. The number of nitrogens with zero attached hydrogens (tertiary/aromatic N) is 2. The predicted molar refractivity (Wildman–Crippen MR) is 115 cm³/mol. The van der Waals surface area contributed by atoms with Crippen molar-refractivity contribution in [3.05, 3.63) is 71.5 Å². The lowest BCUT2D eigenvalue weighted by molar-refractivity contribution is -0.114. The predicted octanol–water partition coefficient (Wildman–Crippen LogP) is 4.30. The lowest BCUT2D eigenvalue weighted by atomic mass is 10.1. The van der Waals surface area contributed by atoms with Crippen LogP contribution in [0.2, 0.25) is 0 Å². The zero-order valence-corrected chi connectivity index (χ0v) is 16.6. The number of hydrogen-bond acceptors (Lipinski definition) is 5. The molecule has 0 aliphatic heterocycles. The second kappa shape index (κ2) is 8.97. The largest absolute Gasteiger partial charge is 0.326 e. The number of rotatable bonds is 6. The van der Waals surface area contributed by atoms with Gasteiger partial charge in [-0.3, -0.25) is 9.59 Å². The topological polar surface area (TPSA) is 96.0 Å². The van der Waals surface area contributed by atoms with Gasteiger partial charge in [-0.1, -0.05) is 31.2 Å². The van der Waals surface area contributed by atoms with Crippen LogP contribution in [-0.2, 0) is 11.2 Å². The Balaban J connectivity index is 1.70. The molecule has 0 aliphatic rings. The van der Waals surface area contributed by atoms with Crippen LogP contribution < -0.4 is 16.0 Å². The first-order valence-corrected chi connectivity index (χ1v) is 9.33. The highest BCUT2D eigenvalue weighted by molar-refractivity contribution is 6.04. The highest BCUT2D eigenvalue weighted by atomic mass is 16.2. The summed E-state index contributed by atoms with van der Waals surface area (Å²) in [5, 5.41) is 8.74. The van der Waals surface area contributed by atoms with E-state index in [2.05, 4.69) is 32.8 Å². The van der Waals surface area contributed by atoms with Gasteiger partial charge in [-0.05, 0) is 42.7 Å². The summed E-state index contributed by atoms with van der Waals surface area (Å²) in [6.07, 6.45) is 3.78. The number of amides is 2. The Labute approximate surface area is 169 Å². The van der Waals surface area contributed by atoms with Crippen molar-refractivity contribution in [3.63, 3.8) is 0 Å². The van der Waals surface area contributed by atoms with Crippen molar-refractivity contribution in [2.45, 2.75) is 27.2 Å². The molecule has 29 heavy (non-hydrogen) atoms. The van der Waals surface area contributed by atoms with Crippen LogP contribution >= 0.6 is 0 Å². The highest BCUT2D eigenvalue weighted by Gasteiger charge is 2.12. The molecule has 0 aliphatic carbocycles. The van der Waals surface area contributed by atoms with Crippen molar-refractivity contribution in [1.82, 2.24) is 9.97 Å². The maximum Gasteiger partial charge on any atom is 0.258 e. The minimum Gasteiger partial charge on any atom is -0.326 e. The van der Waals surface area contributed by atoms with E-state index in [1.54, 1.807) is 12.1 Å². The summed E-state index contributed by atoms with van der Waals surface area (Å²) in [6.45, 7) is 5.47. The lowest BCUT2D eigenvalue weighted by Crippen LogP contribution is -2.15. The number of benzene rings is 2. The third-order valence-electron chi connectivity index (χ3n) is 4.33. The quantitative estimate of drug-likeness (QED) is 0.584. The number of hydrogen-bond donors (Lipinski definition) is 3. The Bertz CT molecular complexity index is 1030. The standard InChI is InChI=1S/C22H23N5O2/c1-4-16-8-5-7-14(2)20(16)27-21(29)17-12-23-22(24-13-17)26-19-10-6-9-18(11-19)25-15(3)28/h5-13H,4H2,1-3H3,(H,25,28)(H,27,29)(H,23,24,26). The molecular formula is C22H23N5O2. The molecule has 0 spiro atoms. The molecule has 7 nitrogen and oxygen atoms in total. The van der Waals surface area contributed by atoms with Gasteiger partial charge in [0.1, 0.15) is 0 Å². The molecule has 2 amide bonds. The number of carbonyl (C=O) groups excluding carboxylic acids is 2. The number of nitrogens with one attached hydrogen (secondary N) is 3. The first kappa shape index (κ1) is 20.0. The van der Waals surface area contributed by atoms with Crippen LogP contribution in [0.4, 0.5) is 23.0 Å². The van der Waals surface area contributed by atoms with E-state index < -0.39 is 0 Å². The Kier molecular flexibility index (Phi) is 6.19. The van der Waals surface area contributed by atoms with Gasteiger partial charge < -0.3 is 16.0 Å². The minimum atomic E-state index is -0.256. The van der Waals surface area contributed by atoms with E-state index in [1.165, 1.54) is 19.3 Å². The molecule has 7 heteroatoms. The van der Waals surface area contributed by atoms with Crippen LogP contribution in [0.3, 0.4) is 0 Å². The van der Waals surface area contributed by atoms with Crippen LogP contribution in [-0.4, -0.2) is 21.8 Å². The molecule has 1 heterocycles. The van der Waals surface area contributed by atoms with Crippen molar-refractivity contribution in [2.75, 3.05) is 16.0 Å². The number of carbonyl (C=O) groups is 2. The molecule has 0 fully saturated rings. The summed E-state index contributed by atoms with van der Waals surface area (Å²) in [6, 6.07) is 13.2. The molecule has 0 atom stereocenters. The molecule has 3 aromatic rings. The van der Waals surface area contributed by atoms with Crippen molar-refractivity contribution in [3.8, 4) is 0 Å². The highest BCUT2D eigenvalue weighted by Crippen LogP contribution is 2.22. The zero-order chi connectivity index (χ0) is 20.8. The first-order valence-electron chi connectivity index (χ1n) is 9.33. The fraction of sp³-hybridized carbons (Fsp3) is 0.182. The summed E-state index contributed by atoms with van der Waals surface area (Å²) in [4.78, 5) is 32.2. The second-order valence-electron chi connectivity index (χ2n) is 6.60. The van der Waals surface area contributed by atoms with Crippen molar-refractivity contribution in [2.24, 2.45) is 0 Å². The number of aromatic nitrogens is 2. The first-order chi connectivity index (χ1) is 14.0. The van der Waals surface area contributed by atoms with Gasteiger partial charge in [0.05, 0.1) is 5.56 Å².